The van der Waals surface area contributed by atoms with Gasteiger partial charge in [0, 0.05) is 13.0 Å². The number of rotatable bonds is 1. The van der Waals surface area contributed by atoms with E-state index in [0.29, 0.717) is 11.7 Å². The summed E-state index contributed by atoms with van der Waals surface area (Å²) in [5.74, 6) is 1.91. The molecular weight excluding hydrogens is 260 g/mol. The summed E-state index contributed by atoms with van der Waals surface area (Å²) in [5, 5.41) is 10.1. The number of aryl methyl sites for hydroxylation is 2. The molecule has 21 heavy (non-hydrogen) atoms. The fourth-order valence-corrected chi connectivity index (χ4v) is 3.41. The number of fused-ring (bicyclic) bond motifs is 3. The van der Waals surface area contributed by atoms with Gasteiger partial charge in [-0.1, -0.05) is 30.3 Å². The lowest BCUT2D eigenvalue weighted by atomic mass is 9.90. The molecule has 0 radical (unpaired) electrons. The van der Waals surface area contributed by atoms with Crippen LogP contribution in [-0.4, -0.2) is 14.7 Å². The maximum atomic E-state index is 10.1. The predicted molar refractivity (Wildman–Crippen MR) is 83.6 cm³/mol. The molecule has 1 aliphatic rings. The summed E-state index contributed by atoms with van der Waals surface area (Å²) in [6.45, 7) is 2.98. The first-order valence-corrected chi connectivity index (χ1v) is 7.46. The molecule has 106 valence electrons. The highest BCUT2D eigenvalue weighted by Crippen LogP contribution is 2.34. The van der Waals surface area contributed by atoms with Gasteiger partial charge in [-0.05, 0) is 42.5 Å². The lowest BCUT2D eigenvalue weighted by Gasteiger charge is -2.24. The summed E-state index contributed by atoms with van der Waals surface area (Å²) in [6.07, 6.45) is 2.06. The normalized spacial score (nSPS) is 17.9. The van der Waals surface area contributed by atoms with E-state index < -0.39 is 0 Å². The van der Waals surface area contributed by atoms with Crippen LogP contribution in [0.1, 0.15) is 29.3 Å². The Morgan fingerprint density at radius 1 is 1.19 bits per heavy atom. The molecule has 1 aromatic heterocycles. The number of nitrogens with zero attached hydrogens (tertiary/aromatic N) is 2. The molecule has 1 N–H and O–H groups in total. The second-order valence-corrected chi connectivity index (χ2v) is 5.93. The van der Waals surface area contributed by atoms with E-state index in [1.807, 2.05) is 6.92 Å². The summed E-state index contributed by atoms with van der Waals surface area (Å²) in [7, 11) is 0. The zero-order valence-electron chi connectivity index (χ0n) is 12.1. The second kappa shape index (κ2) is 4.62. The minimum absolute atomic E-state index is 0.295. The van der Waals surface area contributed by atoms with Gasteiger partial charge in [0.2, 0.25) is 0 Å². The molecule has 1 aliphatic heterocycles. The van der Waals surface area contributed by atoms with Crippen LogP contribution in [0.25, 0.3) is 11.0 Å². The Kier molecular flexibility index (Phi) is 2.74. The Bertz CT molecular complexity index is 805. The third-order valence-corrected chi connectivity index (χ3v) is 4.46. The van der Waals surface area contributed by atoms with Crippen LogP contribution in [0.5, 0.6) is 5.75 Å². The summed E-state index contributed by atoms with van der Waals surface area (Å²) >= 11 is 0. The van der Waals surface area contributed by atoms with Gasteiger partial charge in [0.1, 0.15) is 17.1 Å². The molecule has 1 atom stereocenters. The van der Waals surface area contributed by atoms with Crippen LogP contribution in [0.15, 0.2) is 42.5 Å². The van der Waals surface area contributed by atoms with Gasteiger partial charge >= 0.3 is 0 Å². The number of imidazole rings is 1. The van der Waals surface area contributed by atoms with Crippen molar-refractivity contribution < 1.29 is 5.11 Å². The Labute approximate surface area is 123 Å². The van der Waals surface area contributed by atoms with Crippen molar-refractivity contribution in [1.82, 2.24) is 9.55 Å². The number of hydrogen-bond acceptors (Lipinski definition) is 2. The Balaban J connectivity index is 1.78. The summed E-state index contributed by atoms with van der Waals surface area (Å²) in [6, 6.07) is 14.6. The van der Waals surface area contributed by atoms with E-state index >= 15 is 0 Å². The molecular formula is C18H18N2O. The minimum Gasteiger partial charge on any atom is -0.506 e. The van der Waals surface area contributed by atoms with Crippen molar-refractivity contribution in [3.63, 3.8) is 0 Å². The van der Waals surface area contributed by atoms with Gasteiger partial charge in [-0.15, -0.1) is 0 Å². The summed E-state index contributed by atoms with van der Waals surface area (Å²) < 4.78 is 2.27. The minimum atomic E-state index is 0.295. The molecule has 0 saturated heterocycles. The maximum absolute atomic E-state index is 10.1. The molecule has 3 heteroatoms. The van der Waals surface area contributed by atoms with E-state index in [1.165, 1.54) is 5.56 Å². The quantitative estimate of drug-likeness (QED) is 0.735. The number of phenols is 1. The SMILES string of the molecule is Cc1cc(O)c2nc3n(c2c1)CCC(c1ccccc1)C3. The van der Waals surface area contributed by atoms with Gasteiger partial charge < -0.3 is 9.67 Å². The van der Waals surface area contributed by atoms with Crippen molar-refractivity contribution in [2.24, 2.45) is 0 Å². The Hall–Kier alpha value is -2.29. The van der Waals surface area contributed by atoms with Gasteiger partial charge in [-0.3, -0.25) is 0 Å². The third kappa shape index (κ3) is 2.00. The molecule has 0 spiro atoms. The van der Waals surface area contributed by atoms with Crippen molar-refractivity contribution >= 4 is 11.0 Å². The van der Waals surface area contributed by atoms with Crippen molar-refractivity contribution in [2.75, 3.05) is 0 Å². The fourth-order valence-electron chi connectivity index (χ4n) is 3.41. The maximum Gasteiger partial charge on any atom is 0.143 e. The molecule has 2 heterocycles. The first kappa shape index (κ1) is 12.5. The first-order chi connectivity index (χ1) is 10.2. The highest BCUT2D eigenvalue weighted by atomic mass is 16.3. The standard InChI is InChI=1S/C18H18N2O/c1-12-9-15-18(16(21)10-12)19-17-11-14(7-8-20(15)17)13-5-3-2-4-6-13/h2-6,9-10,14,21H,7-8,11H2,1H3. The fraction of sp³-hybridized carbons (Fsp3) is 0.278. The number of hydrogen-bond donors (Lipinski definition) is 1. The zero-order valence-corrected chi connectivity index (χ0v) is 12.1. The topological polar surface area (TPSA) is 38.1 Å². The molecule has 0 saturated carbocycles. The number of benzene rings is 2. The van der Waals surface area contributed by atoms with Gasteiger partial charge in [-0.25, -0.2) is 4.98 Å². The van der Waals surface area contributed by atoms with Gasteiger partial charge in [0.25, 0.3) is 0 Å². The highest BCUT2D eigenvalue weighted by Gasteiger charge is 2.24. The second-order valence-electron chi connectivity index (χ2n) is 5.93. The predicted octanol–water partition coefficient (Wildman–Crippen LogP) is 3.78. The molecule has 3 aromatic rings. The average Bonchev–Trinajstić information content (AvgIpc) is 2.86. The Morgan fingerprint density at radius 2 is 2.00 bits per heavy atom. The molecule has 0 amide bonds. The third-order valence-electron chi connectivity index (χ3n) is 4.46. The van der Waals surface area contributed by atoms with Crippen LogP contribution in [0.2, 0.25) is 0 Å². The van der Waals surface area contributed by atoms with Crippen molar-refractivity contribution in [2.45, 2.75) is 32.2 Å². The monoisotopic (exact) mass is 278 g/mol. The van der Waals surface area contributed by atoms with Gasteiger partial charge in [-0.2, -0.15) is 0 Å². The zero-order chi connectivity index (χ0) is 14.4. The van der Waals surface area contributed by atoms with Crippen LogP contribution in [0.3, 0.4) is 0 Å². The molecule has 0 aliphatic carbocycles. The van der Waals surface area contributed by atoms with E-state index in [1.54, 1.807) is 6.07 Å². The van der Waals surface area contributed by atoms with Crippen LogP contribution in [-0.2, 0) is 13.0 Å². The summed E-state index contributed by atoms with van der Waals surface area (Å²) in [4.78, 5) is 4.68. The van der Waals surface area contributed by atoms with Gasteiger partial charge in [0.05, 0.1) is 5.52 Å². The number of phenolic OH excluding ortho intramolecular Hbond substituents is 1. The van der Waals surface area contributed by atoms with Crippen LogP contribution < -0.4 is 0 Å². The molecule has 4 rings (SSSR count). The van der Waals surface area contributed by atoms with Crippen LogP contribution in [0.4, 0.5) is 0 Å². The van der Waals surface area contributed by atoms with Crippen molar-refractivity contribution in [1.29, 1.82) is 0 Å². The van der Waals surface area contributed by atoms with E-state index in [2.05, 4.69) is 45.9 Å². The largest absolute Gasteiger partial charge is 0.506 e. The van der Waals surface area contributed by atoms with Crippen molar-refractivity contribution in [3.05, 3.63) is 59.4 Å². The number of aromatic hydroxyl groups is 1. The molecule has 1 unspecified atom stereocenters. The highest BCUT2D eigenvalue weighted by molar-refractivity contribution is 5.83. The Morgan fingerprint density at radius 3 is 2.81 bits per heavy atom. The molecule has 3 nitrogen and oxygen atoms in total. The lowest BCUT2D eigenvalue weighted by molar-refractivity contribution is 0.473. The van der Waals surface area contributed by atoms with Crippen LogP contribution in [0, 0.1) is 6.92 Å². The lowest BCUT2D eigenvalue weighted by Crippen LogP contribution is -2.18. The molecule has 0 bridgehead atoms. The molecule has 0 fully saturated rings. The van der Waals surface area contributed by atoms with Crippen LogP contribution >= 0.6 is 0 Å². The van der Waals surface area contributed by atoms with E-state index in [4.69, 9.17) is 0 Å². The smallest absolute Gasteiger partial charge is 0.143 e. The summed E-state index contributed by atoms with van der Waals surface area (Å²) in [5.41, 5.74) is 4.27. The van der Waals surface area contributed by atoms with Gasteiger partial charge in [0.15, 0.2) is 0 Å². The van der Waals surface area contributed by atoms with E-state index in [-0.39, 0.29) is 0 Å². The first-order valence-electron chi connectivity index (χ1n) is 7.46. The number of aromatic nitrogens is 2. The van der Waals surface area contributed by atoms with E-state index in [9.17, 15) is 5.11 Å². The average molecular weight is 278 g/mol. The van der Waals surface area contributed by atoms with Crippen molar-refractivity contribution in [3.8, 4) is 5.75 Å². The van der Waals surface area contributed by atoms with E-state index in [0.717, 1.165) is 41.8 Å². The molecule has 2 aromatic carbocycles.